The zero-order valence-corrected chi connectivity index (χ0v) is 23.8. The van der Waals surface area contributed by atoms with Crippen molar-refractivity contribution < 1.29 is 14.4 Å². The van der Waals surface area contributed by atoms with Gasteiger partial charge in [-0.05, 0) is 42.2 Å². The third-order valence-electron chi connectivity index (χ3n) is 8.95. The van der Waals surface area contributed by atoms with E-state index in [1.165, 1.54) is 0 Å². The highest BCUT2D eigenvalue weighted by Crippen LogP contribution is 2.59. The first-order valence-electron chi connectivity index (χ1n) is 14.2. The first-order chi connectivity index (χ1) is 19.1. The first-order valence-corrected chi connectivity index (χ1v) is 14.2. The van der Waals surface area contributed by atoms with Crippen LogP contribution in [0.25, 0.3) is 5.57 Å². The number of hydrogen-bond acceptors (Lipinski definition) is 4. The van der Waals surface area contributed by atoms with Gasteiger partial charge in [0.05, 0.1) is 12.0 Å². The predicted molar refractivity (Wildman–Crippen MR) is 160 cm³/mol. The van der Waals surface area contributed by atoms with Crippen molar-refractivity contribution >= 4 is 34.4 Å². The van der Waals surface area contributed by atoms with Crippen molar-refractivity contribution in [3.05, 3.63) is 101 Å². The van der Waals surface area contributed by atoms with Gasteiger partial charge in [-0.3, -0.25) is 14.4 Å². The van der Waals surface area contributed by atoms with Crippen molar-refractivity contribution in [2.45, 2.75) is 65.0 Å². The van der Waals surface area contributed by atoms with E-state index in [1.54, 1.807) is 0 Å². The van der Waals surface area contributed by atoms with Gasteiger partial charge in [0.25, 0.3) is 0 Å². The number of carbonyl (C=O) groups excluding carboxylic acids is 3. The standard InChI is InChI=1S/C35H36N2O3/c1-6-11-22-16-18-23(19-17-22)31(38)29-30(32(39)34(3,4)5)37-27-15-10-7-12-24(27)21(2)20-28(37)35(29)25-13-8-9-14-26(25)36-33(35)40/h7-10,12-20,28-30H,6,11H2,1-5H3,(H,36,40)/t28-,29+,30-,35-/m1/s1. The normalized spacial score (nSPS) is 24.7. The average Bonchev–Trinajstić information content (AvgIpc) is 3.40. The van der Waals surface area contributed by atoms with Crippen LogP contribution in [0.1, 0.15) is 68.1 Å². The van der Waals surface area contributed by atoms with Crippen LogP contribution >= 0.6 is 0 Å². The Morgan fingerprint density at radius 3 is 2.33 bits per heavy atom. The number of allylic oxidation sites excluding steroid dienone is 1. The molecule has 0 bridgehead atoms. The third kappa shape index (κ3) is 3.63. The van der Waals surface area contributed by atoms with Gasteiger partial charge in [0.1, 0.15) is 11.5 Å². The zero-order chi connectivity index (χ0) is 28.4. The Morgan fingerprint density at radius 1 is 0.950 bits per heavy atom. The van der Waals surface area contributed by atoms with Gasteiger partial charge in [0, 0.05) is 27.9 Å². The van der Waals surface area contributed by atoms with Crippen LogP contribution in [-0.2, 0) is 21.4 Å². The van der Waals surface area contributed by atoms with Crippen molar-refractivity contribution in [1.82, 2.24) is 0 Å². The molecule has 3 aromatic carbocycles. The summed E-state index contributed by atoms with van der Waals surface area (Å²) in [5.74, 6) is -1.36. The van der Waals surface area contributed by atoms with Crippen molar-refractivity contribution in [2.75, 3.05) is 10.2 Å². The van der Waals surface area contributed by atoms with Crippen LogP contribution in [0, 0.1) is 11.3 Å². The Kier molecular flexibility index (Phi) is 6.10. The van der Waals surface area contributed by atoms with E-state index in [1.807, 2.05) is 100 Å². The number of anilines is 2. The number of ketones is 2. The molecular weight excluding hydrogens is 496 g/mol. The monoisotopic (exact) mass is 532 g/mol. The number of benzene rings is 3. The van der Waals surface area contributed by atoms with Crippen LogP contribution in [0.3, 0.4) is 0 Å². The molecule has 1 amide bonds. The SMILES string of the molecule is CCCc1ccc(C(=O)[C@@H]2[C@H](C(=O)C(C)(C)C)N3c4ccccc4C(C)=C[C@@H]3[C@@]23C(=O)Nc2ccccc23)cc1. The van der Waals surface area contributed by atoms with Gasteiger partial charge < -0.3 is 10.2 Å². The fraction of sp³-hybridized carbons (Fsp3) is 0.343. The largest absolute Gasteiger partial charge is 0.352 e. The van der Waals surface area contributed by atoms with E-state index in [0.29, 0.717) is 11.3 Å². The minimum Gasteiger partial charge on any atom is -0.352 e. The molecule has 1 spiro atoms. The minimum atomic E-state index is -1.27. The second kappa shape index (κ2) is 9.29. The molecule has 0 aromatic heterocycles. The average molecular weight is 533 g/mol. The molecule has 4 atom stereocenters. The lowest BCUT2D eigenvalue weighted by molar-refractivity contribution is -0.128. The van der Waals surface area contributed by atoms with E-state index >= 15 is 0 Å². The summed E-state index contributed by atoms with van der Waals surface area (Å²) in [4.78, 5) is 45.8. The van der Waals surface area contributed by atoms with Crippen LogP contribution < -0.4 is 10.2 Å². The molecular formula is C35H36N2O3. The molecule has 6 rings (SSSR count). The summed E-state index contributed by atoms with van der Waals surface area (Å²) >= 11 is 0. The van der Waals surface area contributed by atoms with Gasteiger partial charge in [-0.2, -0.15) is 0 Å². The van der Waals surface area contributed by atoms with Gasteiger partial charge in [0.15, 0.2) is 11.6 Å². The molecule has 3 heterocycles. The van der Waals surface area contributed by atoms with Crippen LogP contribution in [0.2, 0.25) is 0 Å². The number of rotatable bonds is 5. The second-order valence-electron chi connectivity index (χ2n) is 12.4. The molecule has 3 aliphatic heterocycles. The number of fused-ring (bicyclic) bond motifs is 6. The molecule has 0 saturated carbocycles. The Balaban J connectivity index is 1.66. The lowest BCUT2D eigenvalue weighted by atomic mass is 9.63. The molecule has 204 valence electrons. The van der Waals surface area contributed by atoms with Crippen LogP contribution in [-0.4, -0.2) is 29.6 Å². The van der Waals surface area contributed by atoms with Crippen molar-refractivity contribution in [1.29, 1.82) is 0 Å². The highest BCUT2D eigenvalue weighted by Gasteiger charge is 2.71. The summed E-state index contributed by atoms with van der Waals surface area (Å²) < 4.78 is 0. The number of amides is 1. The van der Waals surface area contributed by atoms with Gasteiger partial charge in [-0.15, -0.1) is 0 Å². The number of Topliss-reactive ketones (excluding diaryl/α,β-unsaturated/α-hetero) is 2. The summed E-state index contributed by atoms with van der Waals surface area (Å²) in [5.41, 5.74) is 4.12. The number of nitrogens with one attached hydrogen (secondary N) is 1. The van der Waals surface area contributed by atoms with Gasteiger partial charge in [-0.25, -0.2) is 0 Å². The van der Waals surface area contributed by atoms with E-state index in [4.69, 9.17) is 0 Å². The zero-order valence-electron chi connectivity index (χ0n) is 23.8. The molecule has 3 aromatic rings. The minimum absolute atomic E-state index is 0.0461. The number of carbonyl (C=O) groups is 3. The maximum atomic E-state index is 14.8. The Morgan fingerprint density at radius 2 is 1.62 bits per heavy atom. The first kappa shape index (κ1) is 26.2. The molecule has 40 heavy (non-hydrogen) atoms. The Hall–Kier alpha value is -3.99. The van der Waals surface area contributed by atoms with E-state index in [-0.39, 0.29) is 17.5 Å². The summed E-state index contributed by atoms with van der Waals surface area (Å²) in [6.07, 6.45) is 4.05. The van der Waals surface area contributed by atoms with E-state index in [0.717, 1.165) is 40.8 Å². The van der Waals surface area contributed by atoms with E-state index < -0.39 is 28.8 Å². The smallest absolute Gasteiger partial charge is 0.238 e. The Bertz CT molecular complexity index is 1560. The molecule has 5 nitrogen and oxygen atoms in total. The molecule has 0 unspecified atom stereocenters. The second-order valence-corrected chi connectivity index (χ2v) is 12.4. The summed E-state index contributed by atoms with van der Waals surface area (Å²) in [5, 5.41) is 3.10. The van der Waals surface area contributed by atoms with Crippen molar-refractivity contribution in [3.63, 3.8) is 0 Å². The lowest BCUT2D eigenvalue weighted by Crippen LogP contribution is -2.51. The maximum absolute atomic E-state index is 14.8. The van der Waals surface area contributed by atoms with Crippen molar-refractivity contribution in [3.8, 4) is 0 Å². The van der Waals surface area contributed by atoms with Crippen LogP contribution in [0.4, 0.5) is 11.4 Å². The van der Waals surface area contributed by atoms with Crippen LogP contribution in [0.5, 0.6) is 0 Å². The van der Waals surface area contributed by atoms with Crippen molar-refractivity contribution in [2.24, 2.45) is 11.3 Å². The molecule has 1 fully saturated rings. The topological polar surface area (TPSA) is 66.5 Å². The van der Waals surface area contributed by atoms with Gasteiger partial charge >= 0.3 is 0 Å². The molecule has 3 aliphatic rings. The quantitative estimate of drug-likeness (QED) is 0.375. The molecule has 1 N–H and O–H groups in total. The predicted octanol–water partition coefficient (Wildman–Crippen LogP) is 6.62. The number of para-hydroxylation sites is 2. The van der Waals surface area contributed by atoms with Gasteiger partial charge in [-0.1, -0.05) is 101 Å². The molecule has 0 radical (unpaired) electrons. The maximum Gasteiger partial charge on any atom is 0.238 e. The fourth-order valence-electron chi connectivity index (χ4n) is 7.13. The molecule has 0 aliphatic carbocycles. The molecule has 1 saturated heterocycles. The van der Waals surface area contributed by atoms with Gasteiger partial charge in [0.2, 0.25) is 5.91 Å². The summed E-state index contributed by atoms with van der Waals surface area (Å²) in [7, 11) is 0. The summed E-state index contributed by atoms with van der Waals surface area (Å²) in [6, 6.07) is 22.0. The highest BCUT2D eigenvalue weighted by atomic mass is 16.2. The van der Waals surface area contributed by atoms with E-state index in [2.05, 4.69) is 23.2 Å². The summed E-state index contributed by atoms with van der Waals surface area (Å²) in [6.45, 7) is 9.87. The fourth-order valence-corrected chi connectivity index (χ4v) is 7.13. The third-order valence-corrected chi connectivity index (χ3v) is 8.95. The number of hydrogen-bond donors (Lipinski definition) is 1. The molecule has 5 heteroatoms. The Labute approximate surface area is 236 Å². The highest BCUT2D eigenvalue weighted by molar-refractivity contribution is 6.17. The van der Waals surface area contributed by atoms with Crippen LogP contribution in [0.15, 0.2) is 78.9 Å². The number of nitrogens with zero attached hydrogens (tertiary/aromatic N) is 1. The lowest BCUT2D eigenvalue weighted by Gasteiger charge is -2.39. The van der Waals surface area contributed by atoms with E-state index in [9.17, 15) is 14.4 Å². The number of aryl methyl sites for hydroxylation is 1.